The molecule has 0 spiro atoms. The molecule has 0 amide bonds. The lowest BCUT2D eigenvalue weighted by molar-refractivity contribution is -0.139. The Morgan fingerprint density at radius 3 is 1.60 bits per heavy atom. The van der Waals surface area contributed by atoms with E-state index >= 15 is 0 Å². The molecule has 144 valence electrons. The Labute approximate surface area is 153 Å². The van der Waals surface area contributed by atoms with E-state index in [0.717, 1.165) is 24.7 Å². The lowest BCUT2D eigenvalue weighted by Crippen LogP contribution is -2.35. The van der Waals surface area contributed by atoms with Gasteiger partial charge in [-0.25, -0.2) is 0 Å². The Morgan fingerprint density at radius 1 is 0.880 bits per heavy atom. The highest BCUT2D eigenvalue weighted by atomic mass is 16.4. The van der Waals surface area contributed by atoms with Crippen molar-refractivity contribution < 1.29 is 15.0 Å². The van der Waals surface area contributed by atoms with Crippen LogP contribution in [0.4, 0.5) is 0 Å². The molecule has 4 rings (SSSR count). The summed E-state index contributed by atoms with van der Waals surface area (Å²) in [5.74, 6) is 1.33. The summed E-state index contributed by atoms with van der Waals surface area (Å²) < 4.78 is 0. The summed E-state index contributed by atoms with van der Waals surface area (Å²) in [6.45, 7) is 13.8. The second-order valence-corrected chi connectivity index (χ2v) is 11.0. The first kappa shape index (κ1) is 19.2. The van der Waals surface area contributed by atoms with Crippen LogP contribution in [0.2, 0.25) is 0 Å². The van der Waals surface area contributed by atoms with Crippen LogP contribution in [-0.2, 0) is 4.79 Å². The summed E-state index contributed by atoms with van der Waals surface area (Å²) in [5.41, 5.74) is 1.23. The average Bonchev–Trinajstić information content (AvgIpc) is 2.99. The van der Waals surface area contributed by atoms with Gasteiger partial charge in [0, 0.05) is 6.42 Å². The normalized spacial score (nSPS) is 48.3. The zero-order chi connectivity index (χ0) is 18.8. The number of carboxylic acid groups (broad SMARTS) is 1. The van der Waals surface area contributed by atoms with E-state index in [0.29, 0.717) is 23.2 Å². The van der Waals surface area contributed by atoms with E-state index in [-0.39, 0.29) is 16.9 Å². The monoisotopic (exact) mass is 350 g/mol. The van der Waals surface area contributed by atoms with Crippen LogP contribution in [0.1, 0.15) is 86.5 Å². The second kappa shape index (κ2) is 5.71. The number of carbonyl (C=O) groups is 1. The fourth-order valence-electron chi connectivity index (χ4n) is 7.05. The molecule has 4 saturated carbocycles. The molecule has 4 fully saturated rings. The number of aliphatic hydroxyl groups is 1. The third-order valence-corrected chi connectivity index (χ3v) is 10.1. The van der Waals surface area contributed by atoms with Gasteiger partial charge in [0.25, 0.3) is 0 Å². The Bertz CT molecular complexity index is 551. The van der Waals surface area contributed by atoms with Crippen LogP contribution in [0.5, 0.6) is 0 Å². The lowest BCUT2D eigenvalue weighted by Gasteiger charge is -2.38. The predicted molar refractivity (Wildman–Crippen MR) is 100 cm³/mol. The minimum atomic E-state index is -0.625. The van der Waals surface area contributed by atoms with Crippen LogP contribution >= 0.6 is 0 Å². The van der Waals surface area contributed by atoms with Crippen LogP contribution < -0.4 is 0 Å². The van der Waals surface area contributed by atoms with E-state index < -0.39 is 5.97 Å². The van der Waals surface area contributed by atoms with Crippen LogP contribution in [0.15, 0.2) is 0 Å². The van der Waals surface area contributed by atoms with E-state index in [4.69, 9.17) is 5.11 Å². The molecule has 6 unspecified atom stereocenters. The molecular weight excluding hydrogens is 312 g/mol. The number of hydrogen-bond donors (Lipinski definition) is 2. The SMILES string of the molecule is CC1(C)C2CCC1(C)C(CC(=O)O)C2.CC1(C)C2CCC1(C)C(O)C2. The molecular formula is C22H38O3. The molecule has 2 N–H and O–H groups in total. The van der Waals surface area contributed by atoms with Gasteiger partial charge >= 0.3 is 5.97 Å². The van der Waals surface area contributed by atoms with E-state index in [9.17, 15) is 9.90 Å². The molecule has 0 radical (unpaired) electrons. The largest absolute Gasteiger partial charge is 0.481 e. The van der Waals surface area contributed by atoms with Crippen LogP contribution in [0.3, 0.4) is 0 Å². The maximum Gasteiger partial charge on any atom is 0.303 e. The Hall–Kier alpha value is -0.570. The van der Waals surface area contributed by atoms with Crippen LogP contribution in [-0.4, -0.2) is 22.3 Å². The first-order chi connectivity index (χ1) is 11.4. The van der Waals surface area contributed by atoms with Crippen molar-refractivity contribution in [2.75, 3.05) is 0 Å². The average molecular weight is 351 g/mol. The minimum Gasteiger partial charge on any atom is -0.481 e. The summed E-state index contributed by atoms with van der Waals surface area (Å²) in [6, 6.07) is 0. The zero-order valence-corrected chi connectivity index (χ0v) is 17.1. The number of fused-ring (bicyclic) bond motifs is 4. The maximum atomic E-state index is 10.8. The summed E-state index contributed by atoms with van der Waals surface area (Å²) in [7, 11) is 0. The van der Waals surface area contributed by atoms with Gasteiger partial charge in [0.2, 0.25) is 0 Å². The highest BCUT2D eigenvalue weighted by Gasteiger charge is 2.61. The smallest absolute Gasteiger partial charge is 0.303 e. The van der Waals surface area contributed by atoms with Crippen molar-refractivity contribution >= 4 is 5.97 Å². The van der Waals surface area contributed by atoms with Crippen molar-refractivity contribution in [2.24, 2.45) is 39.4 Å². The van der Waals surface area contributed by atoms with Gasteiger partial charge < -0.3 is 10.2 Å². The number of aliphatic carboxylic acids is 1. The first-order valence-corrected chi connectivity index (χ1v) is 10.3. The van der Waals surface area contributed by atoms with E-state index in [1.54, 1.807) is 0 Å². The summed E-state index contributed by atoms with van der Waals surface area (Å²) in [6.07, 6.45) is 7.61. The molecule has 0 aromatic carbocycles. The molecule has 4 aliphatic rings. The van der Waals surface area contributed by atoms with Crippen molar-refractivity contribution in [3.8, 4) is 0 Å². The van der Waals surface area contributed by atoms with Crippen LogP contribution in [0.25, 0.3) is 0 Å². The van der Waals surface area contributed by atoms with E-state index in [2.05, 4.69) is 41.5 Å². The van der Waals surface area contributed by atoms with Crippen molar-refractivity contribution in [3.05, 3.63) is 0 Å². The summed E-state index contributed by atoms with van der Waals surface area (Å²) in [4.78, 5) is 10.8. The number of hydrogen-bond acceptors (Lipinski definition) is 2. The minimum absolute atomic E-state index is 0.0313. The third-order valence-electron chi connectivity index (χ3n) is 10.1. The molecule has 0 aromatic rings. The van der Waals surface area contributed by atoms with E-state index in [1.807, 2.05) is 0 Å². The van der Waals surface area contributed by atoms with Gasteiger partial charge in [-0.15, -0.1) is 0 Å². The number of rotatable bonds is 2. The first-order valence-electron chi connectivity index (χ1n) is 10.3. The van der Waals surface area contributed by atoms with Crippen molar-refractivity contribution in [3.63, 3.8) is 0 Å². The Kier molecular flexibility index (Phi) is 4.39. The molecule has 6 atom stereocenters. The van der Waals surface area contributed by atoms with Crippen molar-refractivity contribution in [2.45, 2.75) is 92.6 Å². The molecule has 0 aliphatic heterocycles. The third kappa shape index (κ3) is 2.51. The van der Waals surface area contributed by atoms with Gasteiger partial charge in [0.05, 0.1) is 6.10 Å². The Balaban J connectivity index is 0.000000150. The van der Waals surface area contributed by atoms with Crippen molar-refractivity contribution in [1.82, 2.24) is 0 Å². The molecule has 0 saturated heterocycles. The lowest BCUT2D eigenvalue weighted by atomic mass is 9.66. The standard InChI is InChI=1S/C12H20O2.C10H18O/c1-11(2)8-4-5-12(11,3)9(6-8)7-10(13)14;1-9(2)7-4-5-10(9,3)8(11)6-7/h8-9H,4-7H2,1-3H3,(H,13,14);7-8,11H,4-6H2,1-3H3. The Morgan fingerprint density at radius 2 is 1.36 bits per heavy atom. The molecule has 0 heterocycles. The predicted octanol–water partition coefficient (Wildman–Crippen LogP) is 5.12. The molecule has 4 bridgehead atoms. The molecule has 3 heteroatoms. The topological polar surface area (TPSA) is 57.5 Å². The molecule has 3 nitrogen and oxygen atoms in total. The van der Waals surface area contributed by atoms with Gasteiger partial charge in [0.1, 0.15) is 0 Å². The van der Waals surface area contributed by atoms with Gasteiger partial charge in [-0.1, -0.05) is 41.5 Å². The van der Waals surface area contributed by atoms with Crippen LogP contribution in [0, 0.1) is 39.4 Å². The van der Waals surface area contributed by atoms with E-state index in [1.165, 1.54) is 25.7 Å². The fraction of sp³-hybridized carbons (Fsp3) is 0.955. The highest BCUT2D eigenvalue weighted by Crippen LogP contribution is 2.68. The fourth-order valence-corrected chi connectivity index (χ4v) is 7.05. The van der Waals surface area contributed by atoms with Gasteiger partial charge in [-0.2, -0.15) is 0 Å². The molecule has 4 aliphatic carbocycles. The van der Waals surface area contributed by atoms with Gasteiger partial charge in [-0.3, -0.25) is 4.79 Å². The number of aliphatic hydroxyl groups excluding tert-OH is 1. The maximum absolute atomic E-state index is 10.8. The molecule has 0 aromatic heterocycles. The highest BCUT2D eigenvalue weighted by molar-refractivity contribution is 5.67. The second-order valence-electron chi connectivity index (χ2n) is 11.0. The zero-order valence-electron chi connectivity index (χ0n) is 17.1. The summed E-state index contributed by atoms with van der Waals surface area (Å²) in [5, 5.41) is 18.7. The molecule has 25 heavy (non-hydrogen) atoms. The summed E-state index contributed by atoms with van der Waals surface area (Å²) >= 11 is 0. The number of carboxylic acids is 1. The van der Waals surface area contributed by atoms with Gasteiger partial charge in [-0.05, 0) is 77.9 Å². The quantitative estimate of drug-likeness (QED) is 0.727. The van der Waals surface area contributed by atoms with Gasteiger partial charge in [0.15, 0.2) is 0 Å². The van der Waals surface area contributed by atoms with Crippen molar-refractivity contribution in [1.29, 1.82) is 0 Å².